The van der Waals surface area contributed by atoms with Crippen LogP contribution >= 0.6 is 0 Å². The fourth-order valence-corrected chi connectivity index (χ4v) is 2.63. The SMILES string of the molecule is CCOC(=O)Cn1cnc2cc(N3CCNCC3)[nH]c(=O)c21. The minimum absolute atomic E-state index is 0.0135. The lowest BCUT2D eigenvalue weighted by atomic mass is 10.3. The van der Waals surface area contributed by atoms with Gasteiger partial charge < -0.3 is 24.5 Å². The van der Waals surface area contributed by atoms with Gasteiger partial charge in [-0.15, -0.1) is 0 Å². The van der Waals surface area contributed by atoms with Gasteiger partial charge >= 0.3 is 5.97 Å². The molecule has 0 unspecified atom stereocenters. The second-order valence-corrected chi connectivity index (χ2v) is 5.13. The highest BCUT2D eigenvalue weighted by Crippen LogP contribution is 2.16. The Labute approximate surface area is 127 Å². The van der Waals surface area contributed by atoms with Gasteiger partial charge in [0.1, 0.15) is 17.9 Å². The van der Waals surface area contributed by atoms with Crippen molar-refractivity contribution in [2.75, 3.05) is 37.7 Å². The molecule has 0 bridgehead atoms. The number of piperazine rings is 1. The molecule has 0 radical (unpaired) electrons. The monoisotopic (exact) mass is 305 g/mol. The number of aromatic nitrogens is 3. The van der Waals surface area contributed by atoms with Crippen molar-refractivity contribution in [3.63, 3.8) is 0 Å². The standard InChI is InChI=1S/C14H19N5O3/c1-2-22-12(20)8-19-9-16-10-7-11(17-14(21)13(10)19)18-5-3-15-4-6-18/h7,9,15H,2-6,8H2,1H3,(H,17,21). The molecule has 1 fully saturated rings. The van der Waals surface area contributed by atoms with Gasteiger partial charge in [0.2, 0.25) is 0 Å². The summed E-state index contributed by atoms with van der Waals surface area (Å²) in [5.74, 6) is 0.382. The average Bonchev–Trinajstić information content (AvgIpc) is 2.92. The maximum atomic E-state index is 12.4. The number of pyridine rings is 1. The maximum absolute atomic E-state index is 12.4. The van der Waals surface area contributed by atoms with E-state index in [1.54, 1.807) is 6.92 Å². The van der Waals surface area contributed by atoms with Crippen molar-refractivity contribution in [2.24, 2.45) is 0 Å². The van der Waals surface area contributed by atoms with Crippen LogP contribution in [0.1, 0.15) is 6.92 Å². The predicted octanol–water partition coefficient (Wildman–Crippen LogP) is -0.303. The number of carbonyl (C=O) groups is 1. The van der Waals surface area contributed by atoms with Crippen molar-refractivity contribution in [1.29, 1.82) is 0 Å². The first-order valence-electron chi connectivity index (χ1n) is 7.38. The van der Waals surface area contributed by atoms with Gasteiger partial charge in [-0.2, -0.15) is 0 Å². The minimum atomic E-state index is -0.382. The van der Waals surface area contributed by atoms with Crippen LogP contribution in [0.15, 0.2) is 17.2 Å². The fraction of sp³-hybridized carbons (Fsp3) is 0.500. The molecule has 0 aliphatic carbocycles. The number of carbonyl (C=O) groups excluding carboxylic acids is 1. The summed E-state index contributed by atoms with van der Waals surface area (Å²) in [6, 6.07) is 1.85. The first-order chi connectivity index (χ1) is 10.7. The second-order valence-electron chi connectivity index (χ2n) is 5.13. The van der Waals surface area contributed by atoms with Gasteiger partial charge in [0.05, 0.1) is 18.5 Å². The van der Waals surface area contributed by atoms with E-state index in [9.17, 15) is 9.59 Å². The molecule has 0 atom stereocenters. The minimum Gasteiger partial charge on any atom is -0.465 e. The number of anilines is 1. The lowest BCUT2D eigenvalue weighted by molar-refractivity contribution is -0.143. The van der Waals surface area contributed by atoms with Gasteiger partial charge in [-0.3, -0.25) is 9.59 Å². The molecule has 2 aromatic heterocycles. The first-order valence-corrected chi connectivity index (χ1v) is 7.38. The van der Waals surface area contributed by atoms with Crippen molar-refractivity contribution < 1.29 is 9.53 Å². The number of hydrogen-bond donors (Lipinski definition) is 2. The molecule has 118 valence electrons. The second kappa shape index (κ2) is 6.18. The highest BCUT2D eigenvalue weighted by molar-refractivity contribution is 5.79. The molecule has 22 heavy (non-hydrogen) atoms. The van der Waals surface area contributed by atoms with Gasteiger partial charge in [-0.05, 0) is 6.92 Å². The number of aromatic amines is 1. The molecule has 0 spiro atoms. The summed E-state index contributed by atoms with van der Waals surface area (Å²) < 4.78 is 6.43. The van der Waals surface area contributed by atoms with Gasteiger partial charge in [-0.1, -0.05) is 0 Å². The molecule has 0 amide bonds. The summed E-state index contributed by atoms with van der Waals surface area (Å²) >= 11 is 0. The molecule has 0 saturated carbocycles. The molecule has 2 aromatic rings. The summed E-state index contributed by atoms with van der Waals surface area (Å²) in [7, 11) is 0. The Morgan fingerprint density at radius 1 is 1.41 bits per heavy atom. The number of esters is 1. The molecule has 0 aromatic carbocycles. The van der Waals surface area contributed by atoms with Crippen molar-refractivity contribution >= 4 is 22.8 Å². The van der Waals surface area contributed by atoms with Crippen LogP contribution in [-0.2, 0) is 16.1 Å². The number of rotatable bonds is 4. The zero-order chi connectivity index (χ0) is 15.5. The smallest absolute Gasteiger partial charge is 0.326 e. The van der Waals surface area contributed by atoms with E-state index in [-0.39, 0.29) is 18.1 Å². The average molecular weight is 305 g/mol. The summed E-state index contributed by atoms with van der Waals surface area (Å²) in [4.78, 5) is 33.2. The molecule has 1 aliphatic rings. The third kappa shape index (κ3) is 2.82. The third-order valence-corrected chi connectivity index (χ3v) is 3.66. The highest BCUT2D eigenvalue weighted by Gasteiger charge is 2.16. The van der Waals surface area contributed by atoms with E-state index >= 15 is 0 Å². The quantitative estimate of drug-likeness (QED) is 0.753. The normalized spacial score (nSPS) is 15.2. The molecule has 1 saturated heterocycles. The Bertz CT molecular complexity index is 730. The number of fused-ring (bicyclic) bond motifs is 1. The molecule has 1 aliphatic heterocycles. The van der Waals surface area contributed by atoms with Crippen LogP contribution in [0.3, 0.4) is 0 Å². The maximum Gasteiger partial charge on any atom is 0.326 e. The van der Waals surface area contributed by atoms with Crippen molar-refractivity contribution in [3.05, 3.63) is 22.7 Å². The van der Waals surface area contributed by atoms with Crippen LogP contribution in [0.5, 0.6) is 0 Å². The zero-order valence-corrected chi connectivity index (χ0v) is 12.5. The zero-order valence-electron chi connectivity index (χ0n) is 12.5. The van der Waals surface area contributed by atoms with E-state index in [1.807, 2.05) is 6.07 Å². The summed E-state index contributed by atoms with van der Waals surface area (Å²) in [6.07, 6.45) is 1.50. The lowest BCUT2D eigenvalue weighted by Crippen LogP contribution is -2.44. The molecule has 8 heteroatoms. The third-order valence-electron chi connectivity index (χ3n) is 3.66. The van der Waals surface area contributed by atoms with E-state index in [0.717, 1.165) is 32.0 Å². The van der Waals surface area contributed by atoms with Crippen LogP contribution in [0.4, 0.5) is 5.82 Å². The fourth-order valence-electron chi connectivity index (χ4n) is 2.63. The van der Waals surface area contributed by atoms with Crippen LogP contribution in [0.2, 0.25) is 0 Å². The lowest BCUT2D eigenvalue weighted by Gasteiger charge is -2.28. The Hall–Kier alpha value is -2.35. The van der Waals surface area contributed by atoms with Crippen LogP contribution in [-0.4, -0.2) is 53.3 Å². The molecule has 3 heterocycles. The van der Waals surface area contributed by atoms with Crippen molar-refractivity contribution in [3.8, 4) is 0 Å². The van der Waals surface area contributed by atoms with E-state index in [2.05, 4.69) is 20.2 Å². The summed E-state index contributed by atoms with van der Waals surface area (Å²) in [5, 5.41) is 3.27. The number of nitrogens with one attached hydrogen (secondary N) is 2. The predicted molar refractivity (Wildman–Crippen MR) is 82.1 cm³/mol. The van der Waals surface area contributed by atoms with Gasteiger partial charge in [0, 0.05) is 32.2 Å². The number of nitrogens with zero attached hydrogens (tertiary/aromatic N) is 3. The Kier molecular flexibility index (Phi) is 4.10. The number of imidazole rings is 1. The number of H-pyrrole nitrogens is 1. The molecular formula is C14H19N5O3. The van der Waals surface area contributed by atoms with E-state index < -0.39 is 0 Å². The Morgan fingerprint density at radius 3 is 2.91 bits per heavy atom. The summed E-state index contributed by atoms with van der Waals surface area (Å²) in [6.45, 7) is 5.50. The van der Waals surface area contributed by atoms with Crippen LogP contribution < -0.4 is 15.8 Å². The van der Waals surface area contributed by atoms with Gasteiger partial charge in [-0.25, -0.2) is 4.98 Å². The highest BCUT2D eigenvalue weighted by atomic mass is 16.5. The van der Waals surface area contributed by atoms with E-state index in [0.29, 0.717) is 17.6 Å². The van der Waals surface area contributed by atoms with Crippen molar-refractivity contribution in [1.82, 2.24) is 19.9 Å². The Balaban J connectivity index is 1.92. The molecule has 8 nitrogen and oxygen atoms in total. The molecule has 3 rings (SSSR count). The van der Waals surface area contributed by atoms with Crippen LogP contribution in [0, 0.1) is 0 Å². The topological polar surface area (TPSA) is 92.2 Å². The summed E-state index contributed by atoms with van der Waals surface area (Å²) in [5.41, 5.74) is 0.737. The number of ether oxygens (including phenoxy) is 1. The molecule has 2 N–H and O–H groups in total. The first kappa shape index (κ1) is 14.6. The van der Waals surface area contributed by atoms with E-state index in [4.69, 9.17) is 4.74 Å². The van der Waals surface area contributed by atoms with Crippen molar-refractivity contribution in [2.45, 2.75) is 13.5 Å². The largest absolute Gasteiger partial charge is 0.465 e. The van der Waals surface area contributed by atoms with Gasteiger partial charge in [0.15, 0.2) is 0 Å². The van der Waals surface area contributed by atoms with Crippen LogP contribution in [0.25, 0.3) is 11.0 Å². The Morgan fingerprint density at radius 2 is 2.18 bits per heavy atom. The number of hydrogen-bond acceptors (Lipinski definition) is 6. The van der Waals surface area contributed by atoms with Gasteiger partial charge in [0.25, 0.3) is 5.56 Å². The van der Waals surface area contributed by atoms with E-state index in [1.165, 1.54) is 10.9 Å². The molecular weight excluding hydrogens is 286 g/mol.